The lowest BCUT2D eigenvalue weighted by Crippen LogP contribution is -2.16. The molecule has 0 aliphatic heterocycles. The number of para-hydroxylation sites is 6. The van der Waals surface area contributed by atoms with Gasteiger partial charge in [-0.25, -0.2) is 0 Å². The summed E-state index contributed by atoms with van der Waals surface area (Å²) < 4.78 is 14.3. The molecule has 0 spiro atoms. The van der Waals surface area contributed by atoms with Crippen LogP contribution in [0.1, 0.15) is 87.2 Å². The van der Waals surface area contributed by atoms with Crippen molar-refractivity contribution in [2.24, 2.45) is 0 Å². The number of benzene rings is 12. The monoisotopic (exact) mass is 1030 g/mol. The van der Waals surface area contributed by atoms with E-state index in [0.717, 1.165) is 100 Å². The Balaban J connectivity index is 1.10. The van der Waals surface area contributed by atoms with Crippen LogP contribution in [0, 0.1) is 0 Å². The summed E-state index contributed by atoms with van der Waals surface area (Å²) in [5, 5.41) is 12.3. The van der Waals surface area contributed by atoms with Gasteiger partial charge in [-0.2, -0.15) is 0 Å². The molecule has 12 aromatic carbocycles. The van der Waals surface area contributed by atoms with E-state index in [1.807, 2.05) is 0 Å². The number of furan rings is 2. The molecule has 0 atom stereocenters. The second-order valence-electron chi connectivity index (χ2n) is 22.7. The van der Waals surface area contributed by atoms with E-state index in [0.29, 0.717) is 11.8 Å². The molecular weight excluding hydrogens is 973 g/mol. The molecule has 0 N–H and O–H groups in total. The Labute approximate surface area is 466 Å². The first-order valence-corrected chi connectivity index (χ1v) is 29.2. The highest BCUT2D eigenvalue weighted by Crippen LogP contribution is 2.56. The molecule has 0 amide bonds. The predicted molar refractivity (Wildman–Crippen MR) is 337 cm³/mol. The van der Waals surface area contributed by atoms with Crippen LogP contribution in [-0.2, 0) is 0 Å². The summed E-state index contributed by atoms with van der Waals surface area (Å²) in [6.45, 7) is 0. The highest BCUT2D eigenvalue weighted by molar-refractivity contribution is 6.31. The van der Waals surface area contributed by atoms with Crippen LogP contribution in [0.25, 0.3) is 98.4 Å². The lowest BCUT2D eigenvalue weighted by atomic mass is 9.75. The highest BCUT2D eigenvalue weighted by atomic mass is 16.3. The maximum Gasteiger partial charge on any atom is 0.159 e. The zero-order valence-corrected chi connectivity index (χ0v) is 44.9. The topological polar surface area (TPSA) is 32.8 Å². The maximum atomic E-state index is 7.14. The van der Waals surface area contributed by atoms with Gasteiger partial charge >= 0.3 is 0 Å². The van der Waals surface area contributed by atoms with Crippen LogP contribution in [0.4, 0.5) is 34.1 Å². The third kappa shape index (κ3) is 7.56. The Morgan fingerprint density at radius 3 is 1.12 bits per heavy atom. The number of rotatable bonds is 10. The highest BCUT2D eigenvalue weighted by Gasteiger charge is 2.32. The van der Waals surface area contributed by atoms with Gasteiger partial charge < -0.3 is 18.6 Å². The van der Waals surface area contributed by atoms with Crippen LogP contribution in [0.3, 0.4) is 0 Å². The van der Waals surface area contributed by atoms with Crippen LogP contribution in [0.2, 0.25) is 0 Å². The zero-order valence-electron chi connectivity index (χ0n) is 44.9. The number of hydrogen-bond donors (Lipinski definition) is 0. The van der Waals surface area contributed by atoms with Crippen LogP contribution in [0.15, 0.2) is 239 Å². The Morgan fingerprint density at radius 2 is 0.650 bits per heavy atom. The van der Waals surface area contributed by atoms with Crippen LogP contribution in [-0.4, -0.2) is 0 Å². The first-order valence-electron chi connectivity index (χ1n) is 29.2. The fourth-order valence-corrected chi connectivity index (χ4v) is 14.5. The quantitative estimate of drug-likeness (QED) is 0.128. The van der Waals surface area contributed by atoms with Crippen molar-refractivity contribution in [3.63, 3.8) is 0 Å². The van der Waals surface area contributed by atoms with E-state index < -0.39 is 0 Å². The van der Waals surface area contributed by atoms with E-state index in [9.17, 15) is 0 Å². The Bertz CT molecular complexity index is 4350. The van der Waals surface area contributed by atoms with Gasteiger partial charge in [-0.15, -0.1) is 0 Å². The van der Waals surface area contributed by atoms with Gasteiger partial charge in [0.1, 0.15) is 11.2 Å². The summed E-state index contributed by atoms with van der Waals surface area (Å²) >= 11 is 0. The fourth-order valence-electron chi connectivity index (χ4n) is 14.5. The largest absolute Gasteiger partial charge is 0.454 e. The standard InChI is InChI=1S/C76H60N2O2/c1-5-23-49(24-6-1)53-31-13-17-37-65(53)77(67-39-21-35-59-55-33-15-19-41-71(55)79-75(59)67)69-48-70(62-46-44-58-64(52-29-11-4-12-30-52)47-63(51-27-9-3-10-28-51)57-43-45-61(69)74(62)73(57)58)78(66-38-18-14-32-54(66)50-25-7-2-8-26-50)68-40-22-36-60-56-34-16-20-42-72(56)80-76(60)68/h1-2,5-8,13-26,31-48,51-52H,3-4,9-12,27-30H2. The van der Waals surface area contributed by atoms with Crippen molar-refractivity contribution < 1.29 is 8.83 Å². The van der Waals surface area contributed by atoms with E-state index in [-0.39, 0.29) is 0 Å². The van der Waals surface area contributed by atoms with Crippen molar-refractivity contribution in [2.45, 2.75) is 76.0 Å². The summed E-state index contributed by atoms with van der Waals surface area (Å²) in [4.78, 5) is 5.07. The van der Waals surface area contributed by atoms with Gasteiger partial charge in [0.15, 0.2) is 11.2 Å². The molecule has 386 valence electrons. The number of hydrogen-bond acceptors (Lipinski definition) is 4. The second kappa shape index (κ2) is 19.4. The van der Waals surface area contributed by atoms with Gasteiger partial charge in [0.25, 0.3) is 0 Å². The first-order chi connectivity index (χ1) is 39.7. The van der Waals surface area contributed by atoms with E-state index in [4.69, 9.17) is 8.83 Å². The normalized spacial score (nSPS) is 14.7. The van der Waals surface area contributed by atoms with E-state index in [2.05, 4.69) is 240 Å². The Hall–Kier alpha value is -9.12. The van der Waals surface area contributed by atoms with Crippen molar-refractivity contribution in [1.82, 2.24) is 0 Å². The molecular formula is C76H60N2O2. The molecule has 4 heteroatoms. The van der Waals surface area contributed by atoms with Gasteiger partial charge in [-0.3, -0.25) is 0 Å². The van der Waals surface area contributed by atoms with Gasteiger partial charge in [0.05, 0.1) is 34.1 Å². The Morgan fingerprint density at radius 1 is 0.275 bits per heavy atom. The van der Waals surface area contributed by atoms with Crippen molar-refractivity contribution in [3.05, 3.63) is 242 Å². The summed E-state index contributed by atoms with van der Waals surface area (Å²) in [7, 11) is 0. The van der Waals surface area contributed by atoms with Gasteiger partial charge in [0, 0.05) is 48.8 Å². The molecule has 0 radical (unpaired) electrons. The van der Waals surface area contributed by atoms with E-state index in [1.54, 1.807) is 11.1 Å². The third-order valence-electron chi connectivity index (χ3n) is 18.2. The molecule has 2 aromatic heterocycles. The molecule has 0 bridgehead atoms. The van der Waals surface area contributed by atoms with Gasteiger partial charge in [-0.1, -0.05) is 227 Å². The summed E-state index contributed by atoms with van der Waals surface area (Å²) in [6.07, 6.45) is 12.7. The summed E-state index contributed by atoms with van der Waals surface area (Å²) in [5.41, 5.74) is 17.3. The minimum absolute atomic E-state index is 0.523. The lowest BCUT2D eigenvalue weighted by molar-refractivity contribution is 0.438. The van der Waals surface area contributed by atoms with E-state index >= 15 is 0 Å². The summed E-state index contributed by atoms with van der Waals surface area (Å²) in [6, 6.07) is 85.3. The molecule has 2 heterocycles. The number of nitrogens with zero attached hydrogens (tertiary/aromatic N) is 2. The number of anilines is 6. The average molecular weight is 1030 g/mol. The van der Waals surface area contributed by atoms with Crippen LogP contribution >= 0.6 is 0 Å². The predicted octanol–water partition coefficient (Wildman–Crippen LogP) is 22.8. The lowest BCUT2D eigenvalue weighted by Gasteiger charge is -2.34. The van der Waals surface area contributed by atoms with Crippen molar-refractivity contribution >= 4 is 110 Å². The molecule has 0 unspecified atom stereocenters. The molecule has 2 fully saturated rings. The molecule has 4 nitrogen and oxygen atoms in total. The molecule has 0 saturated heterocycles. The van der Waals surface area contributed by atoms with Crippen LogP contribution < -0.4 is 9.80 Å². The average Bonchev–Trinajstić information content (AvgIpc) is 4.20. The van der Waals surface area contributed by atoms with Crippen molar-refractivity contribution in [1.29, 1.82) is 0 Å². The minimum Gasteiger partial charge on any atom is -0.454 e. The van der Waals surface area contributed by atoms with E-state index in [1.165, 1.54) is 96.5 Å². The molecule has 2 aliphatic carbocycles. The molecule has 16 rings (SSSR count). The zero-order chi connectivity index (χ0) is 52.7. The number of fused-ring (bicyclic) bond motifs is 6. The molecule has 14 aromatic rings. The van der Waals surface area contributed by atoms with Gasteiger partial charge in [-0.05, 0) is 118 Å². The van der Waals surface area contributed by atoms with Crippen LogP contribution in [0.5, 0.6) is 0 Å². The maximum absolute atomic E-state index is 7.14. The SMILES string of the molecule is c1ccc(-c2ccccc2N(c2cc(N(c3ccccc3-c3ccccc3)c3cccc4c3oc3ccccc34)c3ccc4c(C5CCCCC5)cc(C5CCCCC5)c5ccc2c3c54)c2cccc3c2oc2ccccc23)cc1. The summed E-state index contributed by atoms with van der Waals surface area (Å²) in [5.74, 6) is 1.05. The smallest absolute Gasteiger partial charge is 0.159 e. The molecule has 2 saturated carbocycles. The second-order valence-corrected chi connectivity index (χ2v) is 22.7. The van der Waals surface area contributed by atoms with Crippen molar-refractivity contribution in [2.75, 3.05) is 9.80 Å². The minimum atomic E-state index is 0.523. The van der Waals surface area contributed by atoms with Crippen molar-refractivity contribution in [3.8, 4) is 22.3 Å². The van der Waals surface area contributed by atoms with Gasteiger partial charge in [0.2, 0.25) is 0 Å². The molecule has 80 heavy (non-hydrogen) atoms. The Kier molecular flexibility index (Phi) is 11.4. The molecule has 2 aliphatic rings. The fraction of sp³-hybridized carbons (Fsp3) is 0.158. The first kappa shape index (κ1) is 46.9. The third-order valence-corrected chi connectivity index (χ3v) is 18.2.